The Morgan fingerprint density at radius 1 is 1.06 bits per heavy atom. The van der Waals surface area contributed by atoms with Crippen molar-refractivity contribution in [2.75, 3.05) is 0 Å². The Hall–Kier alpha value is -3.20. The number of hydrogen-bond donors (Lipinski definition) is 2. The monoisotopic (exact) mass is 477 g/mol. The summed E-state index contributed by atoms with van der Waals surface area (Å²) in [6, 6.07) is 11.3. The molecule has 3 rings (SSSR count). The standard InChI is InChI=1S/C25H29F2NO6/c1-25(2,3)34-24(32)28-18(14-15-4-6-17(7-5-15)22(30)31)10-13-20(28)21(29)16-8-11-19(12-9-16)33-23(26)27/h4-9,11-12,18,20-21,23,29H,10,13-14H2,1-3H3,(H,30,31). The molecule has 0 aliphatic carbocycles. The summed E-state index contributed by atoms with van der Waals surface area (Å²) in [5.41, 5.74) is 0.752. The highest BCUT2D eigenvalue weighted by atomic mass is 19.3. The Kier molecular flexibility index (Phi) is 7.76. The third-order valence-corrected chi connectivity index (χ3v) is 5.63. The van der Waals surface area contributed by atoms with Crippen LogP contribution in [0.4, 0.5) is 13.6 Å². The normalized spacial score (nSPS) is 19.2. The Bertz CT molecular complexity index is 988. The highest BCUT2D eigenvalue weighted by Crippen LogP contribution is 2.36. The number of alkyl halides is 2. The number of halogens is 2. The summed E-state index contributed by atoms with van der Waals surface area (Å²) in [6.45, 7) is 2.33. The van der Waals surface area contributed by atoms with Gasteiger partial charge in [-0.3, -0.25) is 4.90 Å². The zero-order chi connectivity index (χ0) is 25.0. The topological polar surface area (TPSA) is 96.3 Å². The van der Waals surface area contributed by atoms with Crippen molar-refractivity contribution in [3.63, 3.8) is 0 Å². The van der Waals surface area contributed by atoms with E-state index in [1.165, 1.54) is 36.4 Å². The summed E-state index contributed by atoms with van der Waals surface area (Å²) in [4.78, 5) is 25.8. The molecule has 1 saturated heterocycles. The van der Waals surface area contributed by atoms with Crippen molar-refractivity contribution >= 4 is 12.1 Å². The van der Waals surface area contributed by atoms with Crippen LogP contribution in [-0.4, -0.2) is 51.5 Å². The molecule has 184 valence electrons. The molecule has 2 aromatic rings. The second kappa shape index (κ2) is 10.4. The molecule has 9 heteroatoms. The van der Waals surface area contributed by atoms with Crippen LogP contribution in [0.3, 0.4) is 0 Å². The number of aliphatic hydroxyl groups excluding tert-OH is 1. The number of aliphatic hydroxyl groups is 1. The summed E-state index contributed by atoms with van der Waals surface area (Å²) in [5.74, 6) is -1.04. The van der Waals surface area contributed by atoms with Gasteiger partial charge in [0.15, 0.2) is 0 Å². The van der Waals surface area contributed by atoms with Gasteiger partial charge >= 0.3 is 18.7 Å². The second-order valence-electron chi connectivity index (χ2n) is 9.28. The minimum absolute atomic E-state index is 0.0240. The van der Waals surface area contributed by atoms with Gasteiger partial charge in [-0.15, -0.1) is 0 Å². The number of ether oxygens (including phenoxy) is 2. The number of carbonyl (C=O) groups excluding carboxylic acids is 1. The van der Waals surface area contributed by atoms with E-state index in [1.54, 1.807) is 37.8 Å². The van der Waals surface area contributed by atoms with E-state index in [2.05, 4.69) is 4.74 Å². The Morgan fingerprint density at radius 3 is 2.21 bits per heavy atom. The zero-order valence-corrected chi connectivity index (χ0v) is 19.3. The molecule has 0 bridgehead atoms. The SMILES string of the molecule is CC(C)(C)OC(=O)N1C(Cc2ccc(C(=O)O)cc2)CCC1C(O)c1ccc(OC(F)F)cc1. The largest absolute Gasteiger partial charge is 0.478 e. The van der Waals surface area contributed by atoms with E-state index in [0.29, 0.717) is 24.8 Å². The first kappa shape index (κ1) is 25.4. The molecule has 3 unspecified atom stereocenters. The molecule has 0 radical (unpaired) electrons. The Labute approximate surface area is 196 Å². The lowest BCUT2D eigenvalue weighted by Gasteiger charge is -2.35. The van der Waals surface area contributed by atoms with Gasteiger partial charge in [0.1, 0.15) is 11.4 Å². The number of nitrogens with zero attached hydrogens (tertiary/aromatic N) is 1. The van der Waals surface area contributed by atoms with E-state index in [0.717, 1.165) is 5.56 Å². The number of likely N-dealkylation sites (tertiary alicyclic amines) is 1. The molecule has 1 aliphatic rings. The van der Waals surface area contributed by atoms with Crippen molar-refractivity contribution in [1.29, 1.82) is 0 Å². The first-order chi connectivity index (χ1) is 15.9. The maximum atomic E-state index is 13.1. The molecule has 7 nitrogen and oxygen atoms in total. The van der Waals surface area contributed by atoms with Crippen molar-refractivity contribution in [1.82, 2.24) is 4.90 Å². The van der Waals surface area contributed by atoms with E-state index in [9.17, 15) is 23.5 Å². The molecular weight excluding hydrogens is 448 g/mol. The first-order valence-electron chi connectivity index (χ1n) is 11.0. The number of hydrogen-bond acceptors (Lipinski definition) is 5. The summed E-state index contributed by atoms with van der Waals surface area (Å²) in [7, 11) is 0. The minimum atomic E-state index is -2.95. The highest BCUT2D eigenvalue weighted by Gasteiger charge is 2.43. The number of carboxylic acids is 1. The van der Waals surface area contributed by atoms with Crippen molar-refractivity contribution in [2.45, 2.75) is 70.4 Å². The van der Waals surface area contributed by atoms with Crippen LogP contribution in [0.15, 0.2) is 48.5 Å². The van der Waals surface area contributed by atoms with E-state index in [-0.39, 0.29) is 17.4 Å². The minimum Gasteiger partial charge on any atom is -0.478 e. The summed E-state index contributed by atoms with van der Waals surface area (Å²) < 4.78 is 34.8. The van der Waals surface area contributed by atoms with Gasteiger partial charge in [-0.1, -0.05) is 24.3 Å². The van der Waals surface area contributed by atoms with Crippen LogP contribution >= 0.6 is 0 Å². The average Bonchev–Trinajstić information content (AvgIpc) is 3.16. The third kappa shape index (κ3) is 6.44. The molecule has 3 atom stereocenters. The number of aromatic carboxylic acids is 1. The molecule has 1 fully saturated rings. The van der Waals surface area contributed by atoms with Gasteiger partial charge in [0.05, 0.1) is 17.7 Å². The molecule has 1 heterocycles. The van der Waals surface area contributed by atoms with Gasteiger partial charge in [0.2, 0.25) is 0 Å². The number of rotatable bonds is 7. The highest BCUT2D eigenvalue weighted by molar-refractivity contribution is 5.87. The lowest BCUT2D eigenvalue weighted by atomic mass is 10.00. The van der Waals surface area contributed by atoms with Crippen molar-refractivity contribution in [3.05, 3.63) is 65.2 Å². The summed E-state index contributed by atoms with van der Waals surface area (Å²) in [6.07, 6.45) is -0.0444. The van der Waals surface area contributed by atoms with E-state index >= 15 is 0 Å². The third-order valence-electron chi connectivity index (χ3n) is 5.63. The first-order valence-corrected chi connectivity index (χ1v) is 11.0. The lowest BCUT2D eigenvalue weighted by Crippen LogP contribution is -2.47. The quantitative estimate of drug-likeness (QED) is 0.581. The van der Waals surface area contributed by atoms with Crippen molar-refractivity contribution in [2.24, 2.45) is 0 Å². The van der Waals surface area contributed by atoms with Crippen LogP contribution in [0.5, 0.6) is 5.75 Å². The van der Waals surface area contributed by atoms with Crippen LogP contribution in [-0.2, 0) is 11.2 Å². The molecule has 2 N–H and O–H groups in total. The number of benzene rings is 2. The average molecular weight is 478 g/mol. The lowest BCUT2D eigenvalue weighted by molar-refractivity contribution is -0.0499. The van der Waals surface area contributed by atoms with Crippen LogP contribution < -0.4 is 4.74 Å². The number of carbonyl (C=O) groups is 2. The van der Waals surface area contributed by atoms with E-state index in [4.69, 9.17) is 9.84 Å². The smallest absolute Gasteiger partial charge is 0.410 e. The van der Waals surface area contributed by atoms with Crippen LogP contribution in [0, 0.1) is 0 Å². The van der Waals surface area contributed by atoms with Crippen LogP contribution in [0.1, 0.15) is 61.2 Å². The fourth-order valence-corrected chi connectivity index (χ4v) is 4.15. The van der Waals surface area contributed by atoms with Gasteiger partial charge in [-0.25, -0.2) is 9.59 Å². The van der Waals surface area contributed by atoms with Gasteiger partial charge in [0, 0.05) is 6.04 Å². The zero-order valence-electron chi connectivity index (χ0n) is 19.3. The fraction of sp³-hybridized carbons (Fsp3) is 0.440. The van der Waals surface area contributed by atoms with Gasteiger partial charge in [-0.2, -0.15) is 8.78 Å². The van der Waals surface area contributed by atoms with E-state index in [1.807, 2.05) is 0 Å². The predicted molar refractivity (Wildman–Crippen MR) is 120 cm³/mol. The fourth-order valence-electron chi connectivity index (χ4n) is 4.15. The molecule has 1 aliphatic heterocycles. The van der Waals surface area contributed by atoms with Crippen LogP contribution in [0.2, 0.25) is 0 Å². The molecule has 0 spiro atoms. The number of carboxylic acid groups (broad SMARTS) is 1. The molecular formula is C25H29F2NO6. The van der Waals surface area contributed by atoms with Crippen molar-refractivity contribution in [3.8, 4) is 5.75 Å². The number of amides is 1. The van der Waals surface area contributed by atoms with Gasteiger partial charge < -0.3 is 19.7 Å². The maximum absolute atomic E-state index is 13.1. The maximum Gasteiger partial charge on any atom is 0.410 e. The molecule has 1 amide bonds. The van der Waals surface area contributed by atoms with Crippen molar-refractivity contribution < 1.29 is 38.1 Å². The Balaban J connectivity index is 1.82. The summed E-state index contributed by atoms with van der Waals surface area (Å²) >= 11 is 0. The second-order valence-corrected chi connectivity index (χ2v) is 9.28. The molecule has 0 aromatic heterocycles. The molecule has 0 saturated carbocycles. The van der Waals surface area contributed by atoms with Gasteiger partial charge in [0.25, 0.3) is 0 Å². The molecule has 2 aromatic carbocycles. The predicted octanol–water partition coefficient (Wildman–Crippen LogP) is 5.03. The van der Waals surface area contributed by atoms with E-state index < -0.39 is 36.4 Å². The summed E-state index contributed by atoms with van der Waals surface area (Å²) in [5, 5.41) is 20.2. The van der Waals surface area contributed by atoms with Gasteiger partial charge in [-0.05, 0) is 75.4 Å². The van der Waals surface area contributed by atoms with Crippen LogP contribution in [0.25, 0.3) is 0 Å². The molecule has 34 heavy (non-hydrogen) atoms. The Morgan fingerprint density at radius 2 is 1.68 bits per heavy atom.